The van der Waals surface area contributed by atoms with Crippen molar-refractivity contribution >= 4 is 10.0 Å². The first-order valence-corrected chi connectivity index (χ1v) is 8.44. The molecule has 1 aromatic carbocycles. The molecule has 1 saturated heterocycles. The summed E-state index contributed by atoms with van der Waals surface area (Å²) in [4.78, 5) is 2.26. The molecule has 1 heterocycles. The second-order valence-electron chi connectivity index (χ2n) is 5.27. The molecule has 1 atom stereocenters. The molecule has 0 bridgehead atoms. The zero-order chi connectivity index (χ0) is 15.5. The van der Waals surface area contributed by atoms with Gasteiger partial charge in [-0.1, -0.05) is 6.07 Å². The zero-order valence-electron chi connectivity index (χ0n) is 12.4. The molecule has 21 heavy (non-hydrogen) atoms. The number of rotatable bonds is 6. The van der Waals surface area contributed by atoms with Crippen molar-refractivity contribution < 1.29 is 18.3 Å². The van der Waals surface area contributed by atoms with E-state index in [0.29, 0.717) is 12.1 Å². The van der Waals surface area contributed by atoms with E-state index in [9.17, 15) is 8.42 Å². The van der Waals surface area contributed by atoms with Gasteiger partial charge in [0.05, 0.1) is 13.7 Å². The lowest BCUT2D eigenvalue weighted by Crippen LogP contribution is -2.38. The lowest BCUT2D eigenvalue weighted by Gasteiger charge is -2.20. The predicted octanol–water partition coefficient (Wildman–Crippen LogP) is 0.560. The summed E-state index contributed by atoms with van der Waals surface area (Å²) in [6, 6.07) is 4.82. The fourth-order valence-electron chi connectivity index (χ4n) is 2.55. The summed E-state index contributed by atoms with van der Waals surface area (Å²) < 4.78 is 32.6. The second-order valence-corrected chi connectivity index (χ2v) is 7.01. The van der Waals surface area contributed by atoms with Gasteiger partial charge >= 0.3 is 0 Å². The van der Waals surface area contributed by atoms with E-state index in [0.717, 1.165) is 19.4 Å². The fourth-order valence-corrected chi connectivity index (χ4v) is 3.77. The Morgan fingerprint density at radius 3 is 2.81 bits per heavy atom. The Balaban J connectivity index is 2.15. The highest BCUT2D eigenvalue weighted by molar-refractivity contribution is 7.89. The number of hydrogen-bond donors (Lipinski definition) is 2. The second kappa shape index (κ2) is 6.74. The number of ether oxygens (including phenoxy) is 1. The average Bonchev–Trinajstić information content (AvgIpc) is 2.89. The molecular formula is C14H22N2O4S. The molecule has 0 amide bonds. The summed E-state index contributed by atoms with van der Waals surface area (Å²) in [7, 11) is -0.203. The lowest BCUT2D eigenvalue weighted by atomic mass is 10.2. The van der Waals surface area contributed by atoms with E-state index in [4.69, 9.17) is 9.84 Å². The maximum atomic E-state index is 12.4. The number of likely N-dealkylation sites (tertiary alicyclic amines) is 1. The Morgan fingerprint density at radius 2 is 2.24 bits per heavy atom. The van der Waals surface area contributed by atoms with Crippen LogP contribution < -0.4 is 9.46 Å². The smallest absolute Gasteiger partial charge is 0.244 e. The Hall–Kier alpha value is -1.15. The number of likely N-dealkylation sites (N-methyl/N-ethyl adjacent to an activating group) is 1. The van der Waals surface area contributed by atoms with Crippen LogP contribution in [0.1, 0.15) is 18.4 Å². The van der Waals surface area contributed by atoms with Crippen LogP contribution in [0, 0.1) is 0 Å². The third kappa shape index (κ3) is 3.74. The standard InChI is InChI=1S/C14H22N2O4S/c1-16-7-3-4-12(16)9-15-21(18,19)14-6-5-11(10-17)8-13(14)20-2/h5-6,8,12,15,17H,3-4,7,9-10H2,1-2H3. The largest absolute Gasteiger partial charge is 0.495 e. The highest BCUT2D eigenvalue weighted by atomic mass is 32.2. The summed E-state index contributed by atoms with van der Waals surface area (Å²) in [6.07, 6.45) is 2.09. The van der Waals surface area contributed by atoms with Crippen LogP contribution in [0.5, 0.6) is 5.75 Å². The van der Waals surface area contributed by atoms with Crippen molar-refractivity contribution in [2.75, 3.05) is 27.2 Å². The highest BCUT2D eigenvalue weighted by Gasteiger charge is 2.25. The lowest BCUT2D eigenvalue weighted by molar-refractivity contribution is 0.280. The zero-order valence-corrected chi connectivity index (χ0v) is 13.2. The third-order valence-corrected chi connectivity index (χ3v) is 5.34. The molecule has 1 fully saturated rings. The number of aliphatic hydroxyl groups is 1. The maximum Gasteiger partial charge on any atom is 0.244 e. The number of methoxy groups -OCH3 is 1. The van der Waals surface area contributed by atoms with Gasteiger partial charge in [0.2, 0.25) is 10.0 Å². The summed E-state index contributed by atoms with van der Waals surface area (Å²) in [5, 5.41) is 9.10. The molecule has 0 saturated carbocycles. The molecule has 1 unspecified atom stereocenters. The minimum absolute atomic E-state index is 0.0999. The predicted molar refractivity (Wildman–Crippen MR) is 79.8 cm³/mol. The topological polar surface area (TPSA) is 78.9 Å². The fraction of sp³-hybridized carbons (Fsp3) is 0.571. The van der Waals surface area contributed by atoms with Crippen molar-refractivity contribution in [1.82, 2.24) is 9.62 Å². The van der Waals surface area contributed by atoms with Gasteiger partial charge in [0.1, 0.15) is 10.6 Å². The molecule has 0 radical (unpaired) electrons. The van der Waals surface area contributed by atoms with Crippen molar-refractivity contribution in [2.45, 2.75) is 30.4 Å². The number of nitrogens with zero attached hydrogens (tertiary/aromatic N) is 1. The van der Waals surface area contributed by atoms with Gasteiger partial charge in [-0.25, -0.2) is 13.1 Å². The normalized spacial score (nSPS) is 19.9. The molecule has 1 aromatic rings. The van der Waals surface area contributed by atoms with Crippen molar-refractivity contribution in [3.8, 4) is 5.75 Å². The van der Waals surface area contributed by atoms with E-state index in [-0.39, 0.29) is 23.3 Å². The SMILES string of the molecule is COc1cc(CO)ccc1S(=O)(=O)NCC1CCCN1C. The van der Waals surface area contributed by atoms with Crippen LogP contribution in [0.4, 0.5) is 0 Å². The summed E-state index contributed by atoms with van der Waals surface area (Å²) in [5.74, 6) is 0.244. The molecule has 1 aliphatic rings. The van der Waals surface area contributed by atoms with Crippen LogP contribution in [0.2, 0.25) is 0 Å². The quantitative estimate of drug-likeness (QED) is 0.802. The summed E-state index contributed by atoms with van der Waals surface area (Å²) in [6.45, 7) is 1.24. The van der Waals surface area contributed by atoms with Crippen molar-refractivity contribution in [2.24, 2.45) is 0 Å². The van der Waals surface area contributed by atoms with Gasteiger partial charge in [0.25, 0.3) is 0 Å². The molecule has 6 nitrogen and oxygen atoms in total. The van der Waals surface area contributed by atoms with E-state index in [1.165, 1.54) is 19.2 Å². The first-order chi connectivity index (χ1) is 9.97. The Labute approximate surface area is 125 Å². The molecule has 2 N–H and O–H groups in total. The number of nitrogens with one attached hydrogen (secondary N) is 1. The number of sulfonamides is 1. The Bertz CT molecular complexity index is 589. The number of hydrogen-bond acceptors (Lipinski definition) is 5. The van der Waals surface area contributed by atoms with Gasteiger partial charge in [-0.2, -0.15) is 0 Å². The summed E-state index contributed by atoms with van der Waals surface area (Å²) >= 11 is 0. The highest BCUT2D eigenvalue weighted by Crippen LogP contribution is 2.25. The number of benzene rings is 1. The number of aliphatic hydroxyl groups excluding tert-OH is 1. The van der Waals surface area contributed by atoms with Gasteiger partial charge < -0.3 is 14.7 Å². The van der Waals surface area contributed by atoms with E-state index >= 15 is 0 Å². The van der Waals surface area contributed by atoms with Crippen molar-refractivity contribution in [3.05, 3.63) is 23.8 Å². The monoisotopic (exact) mass is 314 g/mol. The van der Waals surface area contributed by atoms with Crippen LogP contribution in [0.25, 0.3) is 0 Å². The minimum atomic E-state index is -3.62. The Morgan fingerprint density at radius 1 is 1.48 bits per heavy atom. The van der Waals surface area contributed by atoms with Crippen molar-refractivity contribution in [1.29, 1.82) is 0 Å². The molecule has 0 spiro atoms. The van der Waals surface area contributed by atoms with Crippen molar-refractivity contribution in [3.63, 3.8) is 0 Å². The minimum Gasteiger partial charge on any atom is -0.495 e. The third-order valence-electron chi connectivity index (χ3n) is 3.88. The van der Waals surface area contributed by atoms with Crippen LogP contribution in [-0.2, 0) is 16.6 Å². The first-order valence-electron chi connectivity index (χ1n) is 6.95. The van der Waals surface area contributed by atoms with E-state index in [1.54, 1.807) is 6.07 Å². The first kappa shape index (κ1) is 16.2. The van der Waals surface area contributed by atoms with E-state index in [1.807, 2.05) is 7.05 Å². The molecule has 0 aromatic heterocycles. The van der Waals surface area contributed by atoms with Gasteiger partial charge in [0.15, 0.2) is 0 Å². The van der Waals surface area contributed by atoms with Crippen LogP contribution in [0.3, 0.4) is 0 Å². The Kier molecular flexibility index (Phi) is 5.21. The summed E-state index contributed by atoms with van der Waals surface area (Å²) in [5.41, 5.74) is 0.612. The van der Waals surface area contributed by atoms with E-state index in [2.05, 4.69) is 9.62 Å². The molecule has 1 aliphatic heterocycles. The van der Waals surface area contributed by atoms with Gasteiger partial charge in [-0.3, -0.25) is 0 Å². The van der Waals surface area contributed by atoms with Crippen LogP contribution in [0.15, 0.2) is 23.1 Å². The van der Waals surface area contributed by atoms with Gasteiger partial charge in [-0.15, -0.1) is 0 Å². The van der Waals surface area contributed by atoms with Crippen LogP contribution >= 0.6 is 0 Å². The van der Waals surface area contributed by atoms with Gasteiger partial charge in [-0.05, 0) is 44.1 Å². The van der Waals surface area contributed by atoms with Gasteiger partial charge in [0, 0.05) is 12.6 Å². The molecule has 2 rings (SSSR count). The van der Waals surface area contributed by atoms with Crippen LogP contribution in [-0.4, -0.2) is 51.7 Å². The maximum absolute atomic E-state index is 12.4. The average molecular weight is 314 g/mol. The molecular weight excluding hydrogens is 292 g/mol. The molecule has 7 heteroatoms. The molecule has 0 aliphatic carbocycles. The van der Waals surface area contributed by atoms with E-state index < -0.39 is 10.0 Å². The molecule has 118 valence electrons.